The van der Waals surface area contributed by atoms with Gasteiger partial charge < -0.3 is 15.2 Å². The molecule has 0 radical (unpaired) electrons. The molecule has 5 aromatic rings. The van der Waals surface area contributed by atoms with Gasteiger partial charge in [-0.1, -0.05) is 105 Å². The van der Waals surface area contributed by atoms with E-state index in [1.54, 1.807) is 0 Å². The summed E-state index contributed by atoms with van der Waals surface area (Å²) in [5.74, 6) is 0. The normalized spacial score (nSPS) is 18.5. The zero-order chi connectivity index (χ0) is 29.8. The van der Waals surface area contributed by atoms with Crippen molar-refractivity contribution in [3.8, 4) is 11.1 Å². The predicted molar refractivity (Wildman–Crippen MR) is 186 cm³/mol. The molecular weight excluding hydrogens is 536 g/mol. The molecule has 0 bridgehead atoms. The highest BCUT2D eigenvalue weighted by molar-refractivity contribution is 6.26. The van der Waals surface area contributed by atoms with Gasteiger partial charge in [0.1, 0.15) is 0 Å². The maximum absolute atomic E-state index is 8.89. The summed E-state index contributed by atoms with van der Waals surface area (Å²) in [6.07, 6.45) is 20.5. The van der Waals surface area contributed by atoms with E-state index in [2.05, 4.69) is 132 Å². The molecule has 3 aliphatic rings. The summed E-state index contributed by atoms with van der Waals surface area (Å²) in [5, 5.41) is 20.8. The topological polar surface area (TPSA) is 52.8 Å². The first-order chi connectivity index (χ1) is 21.5. The summed E-state index contributed by atoms with van der Waals surface area (Å²) < 4.78 is 2.36. The average molecular weight is 571 g/mol. The van der Waals surface area contributed by atoms with Gasteiger partial charge in [-0.25, -0.2) is 0 Å². The lowest BCUT2D eigenvalue weighted by atomic mass is 9.79. The highest BCUT2D eigenvalue weighted by Crippen LogP contribution is 2.56. The van der Waals surface area contributed by atoms with Crippen LogP contribution >= 0.6 is 0 Å². The van der Waals surface area contributed by atoms with Crippen LogP contribution in [0.4, 0.5) is 0 Å². The van der Waals surface area contributed by atoms with Gasteiger partial charge in [0.15, 0.2) is 0 Å². The molecule has 4 aromatic carbocycles. The first-order valence-electron chi connectivity index (χ1n) is 15.3. The number of rotatable bonds is 5. The van der Waals surface area contributed by atoms with Crippen LogP contribution in [0.3, 0.4) is 0 Å². The molecule has 0 amide bonds. The molecule has 3 heterocycles. The highest BCUT2D eigenvalue weighted by Gasteiger charge is 2.39. The van der Waals surface area contributed by atoms with Crippen LogP contribution in [0, 0.1) is 5.41 Å². The van der Waals surface area contributed by atoms with Crippen molar-refractivity contribution in [1.29, 1.82) is 5.41 Å². The number of aromatic nitrogens is 1. The quantitative estimate of drug-likeness (QED) is 0.146. The van der Waals surface area contributed by atoms with Gasteiger partial charge >= 0.3 is 0 Å². The van der Waals surface area contributed by atoms with Crippen LogP contribution in [0.1, 0.15) is 25.0 Å². The van der Waals surface area contributed by atoms with Gasteiger partial charge in [-0.3, -0.25) is 5.41 Å². The Morgan fingerprint density at radius 3 is 2.48 bits per heavy atom. The predicted octanol–water partition coefficient (Wildman–Crippen LogP) is 8.76. The van der Waals surface area contributed by atoms with Gasteiger partial charge in [0.05, 0.1) is 28.5 Å². The lowest BCUT2D eigenvalue weighted by Crippen LogP contribution is -2.27. The van der Waals surface area contributed by atoms with Crippen molar-refractivity contribution in [2.24, 2.45) is 0 Å². The van der Waals surface area contributed by atoms with Gasteiger partial charge in [0.25, 0.3) is 0 Å². The number of nitrogens with one attached hydrogen (secondary N) is 3. The van der Waals surface area contributed by atoms with Crippen LogP contribution in [-0.2, 0) is 5.41 Å². The van der Waals surface area contributed by atoms with E-state index in [0.717, 1.165) is 17.8 Å². The van der Waals surface area contributed by atoms with Crippen molar-refractivity contribution in [3.63, 3.8) is 0 Å². The van der Waals surface area contributed by atoms with Crippen molar-refractivity contribution >= 4 is 44.5 Å². The zero-order valence-corrected chi connectivity index (χ0v) is 24.9. The fourth-order valence-electron chi connectivity index (χ4n) is 7.35. The van der Waals surface area contributed by atoms with E-state index in [0.29, 0.717) is 5.71 Å². The smallest absolute Gasteiger partial charge is 0.0775 e. The lowest BCUT2D eigenvalue weighted by Gasteiger charge is -2.23. The van der Waals surface area contributed by atoms with E-state index in [-0.39, 0.29) is 11.5 Å². The van der Waals surface area contributed by atoms with Crippen LogP contribution in [0.25, 0.3) is 49.9 Å². The number of allylic oxidation sites excluding steroid dienone is 5. The Balaban J connectivity index is 1.41. The van der Waals surface area contributed by atoms with Crippen molar-refractivity contribution in [2.75, 3.05) is 6.54 Å². The molecule has 0 saturated heterocycles. The summed E-state index contributed by atoms with van der Waals surface area (Å²) in [4.78, 5) is 0. The minimum Gasteiger partial charge on any atom is -0.381 e. The number of benzene rings is 4. The van der Waals surface area contributed by atoms with E-state index in [1.807, 2.05) is 30.5 Å². The summed E-state index contributed by atoms with van der Waals surface area (Å²) in [7, 11) is 0. The third-order valence-corrected chi connectivity index (χ3v) is 9.33. The summed E-state index contributed by atoms with van der Waals surface area (Å²) in [5.41, 5.74) is 10.0. The third kappa shape index (κ3) is 3.95. The molecule has 0 fully saturated rings. The Morgan fingerprint density at radius 2 is 1.68 bits per heavy atom. The van der Waals surface area contributed by atoms with Crippen molar-refractivity contribution < 1.29 is 0 Å². The first-order valence-corrected chi connectivity index (χ1v) is 15.3. The van der Waals surface area contributed by atoms with E-state index in [4.69, 9.17) is 5.41 Å². The van der Waals surface area contributed by atoms with E-state index in [9.17, 15) is 0 Å². The summed E-state index contributed by atoms with van der Waals surface area (Å²) in [6, 6.07) is 26.6. The molecule has 214 valence electrons. The second-order valence-electron chi connectivity index (χ2n) is 12.2. The van der Waals surface area contributed by atoms with E-state index in [1.165, 1.54) is 54.8 Å². The summed E-state index contributed by atoms with van der Waals surface area (Å²) >= 11 is 0. The SMILES string of the molecule is CC1(C)c2ccccc2-c2c1c1ccccc1c1c2c2ccccc2n1/C=C/C(=C\C(=N)C1=CC=CCN1)C1C=CC=CN1. The molecule has 44 heavy (non-hydrogen) atoms. The van der Waals surface area contributed by atoms with Gasteiger partial charge in [-0.05, 0) is 69.8 Å². The van der Waals surface area contributed by atoms with Crippen LogP contribution in [0.5, 0.6) is 0 Å². The third-order valence-electron chi connectivity index (χ3n) is 9.33. The van der Waals surface area contributed by atoms with E-state index >= 15 is 0 Å². The van der Waals surface area contributed by atoms with Crippen molar-refractivity contribution in [2.45, 2.75) is 25.3 Å². The molecule has 8 rings (SSSR count). The molecule has 4 nitrogen and oxygen atoms in total. The van der Waals surface area contributed by atoms with Gasteiger partial charge in [-0.2, -0.15) is 0 Å². The Labute approximate surface area is 257 Å². The monoisotopic (exact) mass is 570 g/mol. The maximum atomic E-state index is 8.89. The molecule has 4 heteroatoms. The molecule has 2 aliphatic heterocycles. The minimum atomic E-state index is -0.113. The lowest BCUT2D eigenvalue weighted by molar-refractivity contribution is 0.666. The Hall–Kier alpha value is -5.35. The van der Waals surface area contributed by atoms with E-state index < -0.39 is 0 Å². The summed E-state index contributed by atoms with van der Waals surface area (Å²) in [6.45, 7) is 5.47. The number of para-hydroxylation sites is 1. The molecule has 1 atom stereocenters. The van der Waals surface area contributed by atoms with Crippen LogP contribution in [-0.4, -0.2) is 22.9 Å². The number of hydrogen-bond acceptors (Lipinski definition) is 3. The van der Waals surface area contributed by atoms with Gasteiger partial charge in [0.2, 0.25) is 0 Å². The molecule has 3 N–H and O–H groups in total. The van der Waals surface area contributed by atoms with Crippen LogP contribution in [0.2, 0.25) is 0 Å². The van der Waals surface area contributed by atoms with Crippen LogP contribution in [0.15, 0.2) is 139 Å². The Kier molecular flexibility index (Phi) is 6.05. The molecule has 1 unspecified atom stereocenters. The largest absolute Gasteiger partial charge is 0.381 e. The fourth-order valence-corrected chi connectivity index (χ4v) is 7.35. The number of dihydropyridines is 2. The Bertz CT molecular complexity index is 2200. The zero-order valence-electron chi connectivity index (χ0n) is 24.9. The van der Waals surface area contributed by atoms with Crippen LogP contribution < -0.4 is 10.6 Å². The molecule has 1 aromatic heterocycles. The number of nitrogens with zero attached hydrogens (tertiary/aromatic N) is 1. The van der Waals surface area contributed by atoms with Gasteiger partial charge in [0, 0.05) is 34.3 Å². The number of hydrogen-bond donors (Lipinski definition) is 3. The molecule has 0 saturated carbocycles. The molecular formula is C40H34N4. The minimum absolute atomic E-state index is 0.0434. The second-order valence-corrected chi connectivity index (χ2v) is 12.2. The van der Waals surface area contributed by atoms with Crippen molar-refractivity contribution in [3.05, 3.63) is 150 Å². The van der Waals surface area contributed by atoms with Gasteiger partial charge in [-0.15, -0.1) is 0 Å². The Morgan fingerprint density at radius 1 is 0.909 bits per heavy atom. The highest BCUT2D eigenvalue weighted by atomic mass is 15.0. The maximum Gasteiger partial charge on any atom is 0.0775 e. The molecule has 1 aliphatic carbocycles. The second kappa shape index (κ2) is 10.1. The average Bonchev–Trinajstić information content (AvgIpc) is 3.53. The standard InChI is InChI=1S/C40H34N4/c1-40(2)31-17-7-5-15-29(31)36-37-30-16-6-8-20-35(30)44(39(37)28-14-4-3-13-27(28)38(36)40)24-21-26(33-18-9-11-22-42-33)25-32(41)34-19-10-12-23-43-34/h3-22,24-25,33,41-43H,23H2,1-2H3/b24-21+,26-25+,41-32?. The molecule has 0 spiro atoms. The van der Waals surface area contributed by atoms with Crippen molar-refractivity contribution in [1.82, 2.24) is 15.2 Å². The fraction of sp³-hybridized carbons (Fsp3) is 0.125. The number of fused-ring (bicyclic) bond motifs is 10. The first kappa shape index (κ1) is 26.3.